The zero-order valence-electron chi connectivity index (χ0n) is 16.6. The summed E-state index contributed by atoms with van der Waals surface area (Å²) in [7, 11) is 0. The number of aryl methyl sites for hydroxylation is 1. The molecule has 1 amide bonds. The number of carbonyl (C=O) groups excluding carboxylic acids is 1. The molecule has 9 heteroatoms. The summed E-state index contributed by atoms with van der Waals surface area (Å²) in [4.78, 5) is 30.1. The number of ether oxygens (including phenoxy) is 2. The molecule has 2 aromatic heterocycles. The summed E-state index contributed by atoms with van der Waals surface area (Å²) in [6.07, 6.45) is 0.718. The van der Waals surface area contributed by atoms with Gasteiger partial charge < -0.3 is 14.8 Å². The maximum atomic E-state index is 12.6. The third-order valence-corrected chi connectivity index (χ3v) is 6.12. The summed E-state index contributed by atoms with van der Waals surface area (Å²) in [5.74, 6) is 1.25. The normalized spacial score (nSPS) is 12.3. The van der Waals surface area contributed by atoms with E-state index in [4.69, 9.17) is 9.47 Å². The summed E-state index contributed by atoms with van der Waals surface area (Å²) in [6.45, 7) is 2.17. The van der Waals surface area contributed by atoms with E-state index in [2.05, 4.69) is 20.5 Å². The quantitative estimate of drug-likeness (QED) is 0.500. The number of nitrogens with one attached hydrogen (secondary N) is 2. The van der Waals surface area contributed by atoms with Crippen molar-refractivity contribution in [2.24, 2.45) is 0 Å². The molecule has 0 fully saturated rings. The Bertz CT molecular complexity index is 1360. The first-order valence-corrected chi connectivity index (χ1v) is 10.5. The van der Waals surface area contributed by atoms with Crippen LogP contribution in [0.3, 0.4) is 0 Å². The Morgan fingerprint density at radius 2 is 1.97 bits per heavy atom. The second kappa shape index (κ2) is 7.84. The number of fused-ring (bicyclic) bond motifs is 2. The van der Waals surface area contributed by atoms with Crippen LogP contribution < -0.4 is 20.3 Å². The molecule has 0 unspecified atom stereocenters. The van der Waals surface area contributed by atoms with Gasteiger partial charge in [0.1, 0.15) is 0 Å². The smallest absolute Gasteiger partial charge is 0.272 e. The van der Waals surface area contributed by atoms with Crippen molar-refractivity contribution in [2.75, 3.05) is 12.1 Å². The fourth-order valence-corrected chi connectivity index (χ4v) is 4.52. The van der Waals surface area contributed by atoms with Gasteiger partial charge in [-0.1, -0.05) is 24.3 Å². The summed E-state index contributed by atoms with van der Waals surface area (Å²) in [6, 6.07) is 13.0. The fourth-order valence-electron chi connectivity index (χ4n) is 3.50. The number of anilines is 1. The third kappa shape index (κ3) is 3.87. The van der Waals surface area contributed by atoms with Crippen molar-refractivity contribution >= 4 is 33.1 Å². The number of nitrogens with zero attached hydrogens (tertiary/aromatic N) is 2. The van der Waals surface area contributed by atoms with Crippen LogP contribution in [0.1, 0.15) is 21.8 Å². The lowest BCUT2D eigenvalue weighted by Crippen LogP contribution is -2.18. The van der Waals surface area contributed by atoms with Crippen molar-refractivity contribution in [3.8, 4) is 11.5 Å². The van der Waals surface area contributed by atoms with E-state index in [1.165, 1.54) is 11.3 Å². The number of aromatic amines is 1. The predicted octanol–water partition coefficient (Wildman–Crippen LogP) is 3.19. The molecule has 2 aromatic carbocycles. The molecule has 8 nitrogen and oxygen atoms in total. The Labute approximate surface area is 180 Å². The van der Waals surface area contributed by atoms with E-state index in [1.54, 1.807) is 18.2 Å². The van der Waals surface area contributed by atoms with Gasteiger partial charge >= 0.3 is 0 Å². The Balaban J connectivity index is 1.30. The van der Waals surface area contributed by atoms with Gasteiger partial charge in [0.2, 0.25) is 12.7 Å². The van der Waals surface area contributed by atoms with Crippen LogP contribution in [0.2, 0.25) is 0 Å². The molecule has 4 aromatic rings. The summed E-state index contributed by atoms with van der Waals surface area (Å²) >= 11 is 1.44. The van der Waals surface area contributed by atoms with Crippen molar-refractivity contribution in [3.63, 3.8) is 0 Å². The molecule has 1 aliphatic rings. The van der Waals surface area contributed by atoms with E-state index in [9.17, 15) is 9.59 Å². The first-order valence-electron chi connectivity index (χ1n) is 9.68. The number of hydrogen-bond donors (Lipinski definition) is 2. The van der Waals surface area contributed by atoms with Crippen molar-refractivity contribution in [1.82, 2.24) is 15.2 Å². The molecule has 0 bridgehead atoms. The van der Waals surface area contributed by atoms with Crippen LogP contribution >= 0.6 is 11.3 Å². The van der Waals surface area contributed by atoms with E-state index in [0.717, 1.165) is 27.6 Å². The van der Waals surface area contributed by atoms with E-state index in [0.29, 0.717) is 28.0 Å². The standard InChI is InChI=1S/C22H18N4O4S/c1-12-19(9-13-6-7-17-18(8-13)30-11-29-17)31-22(23-12)24-20(27)10-16-14-4-2-3-5-15(14)21(28)26-25-16/h2-8H,9-11H2,1H3,(H,26,28)(H,23,24,27). The zero-order valence-corrected chi connectivity index (χ0v) is 17.4. The van der Waals surface area contributed by atoms with Gasteiger partial charge in [0, 0.05) is 16.7 Å². The van der Waals surface area contributed by atoms with Crippen LogP contribution in [0, 0.1) is 6.92 Å². The van der Waals surface area contributed by atoms with Gasteiger partial charge in [-0.05, 0) is 30.7 Å². The maximum Gasteiger partial charge on any atom is 0.272 e. The molecular formula is C22H18N4O4S. The monoisotopic (exact) mass is 434 g/mol. The number of hydrogen-bond acceptors (Lipinski definition) is 7. The topological polar surface area (TPSA) is 106 Å². The number of H-pyrrole nitrogens is 1. The maximum absolute atomic E-state index is 12.6. The van der Waals surface area contributed by atoms with Gasteiger partial charge in [0.25, 0.3) is 5.56 Å². The average Bonchev–Trinajstić information content (AvgIpc) is 3.36. The molecule has 0 radical (unpaired) electrons. The van der Waals surface area contributed by atoms with Crippen LogP contribution in [-0.4, -0.2) is 27.9 Å². The van der Waals surface area contributed by atoms with Crippen molar-refractivity contribution in [1.29, 1.82) is 0 Å². The van der Waals surface area contributed by atoms with Crippen molar-refractivity contribution < 1.29 is 14.3 Å². The van der Waals surface area contributed by atoms with Crippen molar-refractivity contribution in [2.45, 2.75) is 19.8 Å². The largest absolute Gasteiger partial charge is 0.454 e. The van der Waals surface area contributed by atoms with Gasteiger partial charge in [-0.15, -0.1) is 11.3 Å². The highest BCUT2D eigenvalue weighted by atomic mass is 32.1. The highest BCUT2D eigenvalue weighted by molar-refractivity contribution is 7.15. The van der Waals surface area contributed by atoms with Crippen LogP contribution in [-0.2, 0) is 17.6 Å². The Hall–Kier alpha value is -3.72. The Morgan fingerprint density at radius 1 is 1.16 bits per heavy atom. The minimum absolute atomic E-state index is 0.0351. The zero-order chi connectivity index (χ0) is 21.4. The van der Waals surface area contributed by atoms with Crippen LogP contribution in [0.5, 0.6) is 11.5 Å². The van der Waals surface area contributed by atoms with E-state index in [-0.39, 0.29) is 24.7 Å². The molecule has 1 aliphatic heterocycles. The number of amides is 1. The SMILES string of the molecule is Cc1nc(NC(=O)Cc2n[nH]c(=O)c3ccccc23)sc1Cc1ccc2c(c1)OCO2. The molecule has 5 rings (SSSR count). The summed E-state index contributed by atoms with van der Waals surface area (Å²) in [5, 5.41) is 11.1. The van der Waals surface area contributed by atoms with E-state index < -0.39 is 0 Å². The van der Waals surface area contributed by atoms with Crippen LogP contribution in [0.25, 0.3) is 10.8 Å². The lowest BCUT2D eigenvalue weighted by Gasteiger charge is -2.04. The molecule has 0 spiro atoms. The van der Waals surface area contributed by atoms with Gasteiger partial charge in [-0.2, -0.15) is 5.10 Å². The molecular weight excluding hydrogens is 416 g/mol. The molecule has 0 aliphatic carbocycles. The molecule has 31 heavy (non-hydrogen) atoms. The number of aromatic nitrogens is 3. The van der Waals surface area contributed by atoms with Gasteiger partial charge in [0.15, 0.2) is 16.6 Å². The molecule has 0 saturated heterocycles. The first-order chi connectivity index (χ1) is 15.1. The predicted molar refractivity (Wildman–Crippen MR) is 117 cm³/mol. The second-order valence-corrected chi connectivity index (χ2v) is 8.25. The molecule has 2 N–H and O–H groups in total. The first kappa shape index (κ1) is 19.3. The van der Waals surface area contributed by atoms with Crippen molar-refractivity contribution in [3.05, 3.63) is 74.6 Å². The number of benzene rings is 2. The third-order valence-electron chi connectivity index (χ3n) is 5.04. The van der Waals surface area contributed by atoms with E-state index >= 15 is 0 Å². The number of carbonyl (C=O) groups is 1. The molecule has 156 valence electrons. The lowest BCUT2D eigenvalue weighted by atomic mass is 10.1. The minimum atomic E-state index is -0.275. The Kier molecular flexibility index (Phi) is 4.87. The van der Waals surface area contributed by atoms with Gasteiger partial charge in [-0.25, -0.2) is 10.1 Å². The molecule has 0 saturated carbocycles. The minimum Gasteiger partial charge on any atom is -0.454 e. The fraction of sp³-hybridized carbons (Fsp3) is 0.182. The molecule has 0 atom stereocenters. The summed E-state index contributed by atoms with van der Waals surface area (Å²) < 4.78 is 10.8. The molecule has 3 heterocycles. The Morgan fingerprint density at radius 3 is 2.84 bits per heavy atom. The van der Waals surface area contributed by atoms with Gasteiger partial charge in [-0.3, -0.25) is 9.59 Å². The highest BCUT2D eigenvalue weighted by Gasteiger charge is 2.16. The average molecular weight is 434 g/mol. The van der Waals surface area contributed by atoms with Crippen LogP contribution in [0.4, 0.5) is 5.13 Å². The van der Waals surface area contributed by atoms with Gasteiger partial charge in [0.05, 0.1) is 23.2 Å². The van der Waals surface area contributed by atoms with E-state index in [1.807, 2.05) is 31.2 Å². The highest BCUT2D eigenvalue weighted by Crippen LogP contribution is 2.34. The number of thiazole rings is 1. The second-order valence-electron chi connectivity index (χ2n) is 7.16. The van der Waals surface area contributed by atoms with Crippen LogP contribution in [0.15, 0.2) is 47.3 Å². The number of rotatable bonds is 5. The summed E-state index contributed by atoms with van der Waals surface area (Å²) in [5.41, 5.74) is 2.19. The lowest BCUT2D eigenvalue weighted by molar-refractivity contribution is -0.115.